The SMILES string of the molecule is O=C(O)CC(NC(=O)c1ccc(-n2cccn2)cc1)c1ccc(F)cc1. The Bertz CT molecular complexity index is 891. The first-order chi connectivity index (χ1) is 12.5. The van der Waals surface area contributed by atoms with Gasteiger partial charge in [-0.3, -0.25) is 9.59 Å². The van der Waals surface area contributed by atoms with E-state index >= 15 is 0 Å². The fourth-order valence-corrected chi connectivity index (χ4v) is 2.55. The molecule has 132 valence electrons. The molecule has 0 aliphatic carbocycles. The monoisotopic (exact) mass is 353 g/mol. The Morgan fingerprint density at radius 2 is 1.81 bits per heavy atom. The van der Waals surface area contributed by atoms with E-state index in [0.717, 1.165) is 5.69 Å². The van der Waals surface area contributed by atoms with E-state index < -0.39 is 23.7 Å². The summed E-state index contributed by atoms with van der Waals surface area (Å²) in [6, 6.07) is 13.2. The molecule has 0 fully saturated rings. The molecule has 0 saturated heterocycles. The predicted octanol–water partition coefficient (Wildman–Crippen LogP) is 2.96. The highest BCUT2D eigenvalue weighted by Crippen LogP contribution is 2.19. The molecule has 2 aromatic carbocycles. The first-order valence-corrected chi connectivity index (χ1v) is 7.91. The van der Waals surface area contributed by atoms with Gasteiger partial charge in [0.05, 0.1) is 18.2 Å². The van der Waals surface area contributed by atoms with E-state index in [1.165, 1.54) is 24.3 Å². The number of hydrogen-bond acceptors (Lipinski definition) is 3. The van der Waals surface area contributed by atoms with Crippen LogP contribution < -0.4 is 5.32 Å². The predicted molar refractivity (Wildman–Crippen MR) is 92.4 cm³/mol. The third-order valence-corrected chi connectivity index (χ3v) is 3.85. The van der Waals surface area contributed by atoms with Gasteiger partial charge in [-0.25, -0.2) is 9.07 Å². The average Bonchev–Trinajstić information content (AvgIpc) is 3.16. The van der Waals surface area contributed by atoms with Crippen molar-refractivity contribution in [2.45, 2.75) is 12.5 Å². The summed E-state index contributed by atoms with van der Waals surface area (Å²) in [6.45, 7) is 0. The summed E-state index contributed by atoms with van der Waals surface area (Å²) < 4.78 is 14.7. The zero-order chi connectivity index (χ0) is 18.5. The molecule has 0 radical (unpaired) electrons. The summed E-state index contributed by atoms with van der Waals surface area (Å²) in [7, 11) is 0. The number of nitrogens with zero attached hydrogens (tertiary/aromatic N) is 2. The van der Waals surface area contributed by atoms with Gasteiger partial charge < -0.3 is 10.4 Å². The van der Waals surface area contributed by atoms with E-state index in [-0.39, 0.29) is 6.42 Å². The molecular weight excluding hydrogens is 337 g/mol. The number of halogens is 1. The van der Waals surface area contributed by atoms with Gasteiger partial charge >= 0.3 is 5.97 Å². The molecule has 1 heterocycles. The number of carboxylic acids is 1. The Labute approximate surface area is 148 Å². The molecule has 3 aromatic rings. The number of amides is 1. The van der Waals surface area contributed by atoms with E-state index in [1.54, 1.807) is 47.4 Å². The summed E-state index contributed by atoms with van der Waals surface area (Å²) in [6.07, 6.45) is 3.13. The number of carbonyl (C=O) groups is 2. The maximum Gasteiger partial charge on any atom is 0.305 e. The van der Waals surface area contributed by atoms with E-state index in [4.69, 9.17) is 5.11 Å². The zero-order valence-corrected chi connectivity index (χ0v) is 13.7. The summed E-state index contributed by atoms with van der Waals surface area (Å²) in [5.41, 5.74) is 1.71. The van der Waals surface area contributed by atoms with Crippen LogP contribution in [0, 0.1) is 5.82 Å². The van der Waals surface area contributed by atoms with Crippen molar-refractivity contribution in [2.75, 3.05) is 0 Å². The molecular formula is C19H16FN3O3. The van der Waals surface area contributed by atoms with Crippen molar-refractivity contribution in [1.82, 2.24) is 15.1 Å². The Balaban J connectivity index is 1.76. The van der Waals surface area contributed by atoms with Crippen molar-refractivity contribution in [3.63, 3.8) is 0 Å². The Morgan fingerprint density at radius 3 is 2.38 bits per heavy atom. The molecule has 6 nitrogen and oxygen atoms in total. The number of benzene rings is 2. The van der Waals surface area contributed by atoms with E-state index in [0.29, 0.717) is 11.1 Å². The molecule has 1 unspecified atom stereocenters. The fraction of sp³-hybridized carbons (Fsp3) is 0.105. The van der Waals surface area contributed by atoms with E-state index in [1.807, 2.05) is 0 Å². The highest BCUT2D eigenvalue weighted by Gasteiger charge is 2.19. The summed E-state index contributed by atoms with van der Waals surface area (Å²) in [5, 5.41) is 15.9. The standard InChI is InChI=1S/C19H16FN3O3/c20-15-6-2-13(3-7-15)17(12-18(24)25)22-19(26)14-4-8-16(9-5-14)23-11-1-10-21-23/h1-11,17H,12H2,(H,22,26)(H,24,25). The van der Waals surface area contributed by atoms with E-state index in [2.05, 4.69) is 10.4 Å². The third-order valence-electron chi connectivity index (χ3n) is 3.85. The first-order valence-electron chi connectivity index (χ1n) is 7.91. The summed E-state index contributed by atoms with van der Waals surface area (Å²) >= 11 is 0. The van der Waals surface area contributed by atoms with Gasteiger partial charge in [0.15, 0.2) is 0 Å². The number of aromatic nitrogens is 2. The highest BCUT2D eigenvalue weighted by molar-refractivity contribution is 5.94. The second-order valence-electron chi connectivity index (χ2n) is 5.67. The zero-order valence-electron chi connectivity index (χ0n) is 13.7. The Morgan fingerprint density at radius 1 is 1.12 bits per heavy atom. The van der Waals surface area contributed by atoms with Crippen LogP contribution in [0.15, 0.2) is 67.0 Å². The maximum atomic E-state index is 13.1. The van der Waals surface area contributed by atoms with E-state index in [9.17, 15) is 14.0 Å². The lowest BCUT2D eigenvalue weighted by atomic mass is 10.0. The first kappa shape index (κ1) is 17.3. The summed E-state index contributed by atoms with van der Waals surface area (Å²) in [5.74, 6) is -1.90. The van der Waals surface area contributed by atoms with Gasteiger partial charge in [0, 0.05) is 18.0 Å². The van der Waals surface area contributed by atoms with Crippen LogP contribution in [-0.2, 0) is 4.79 Å². The maximum absolute atomic E-state index is 13.1. The third kappa shape index (κ3) is 4.13. The molecule has 1 aromatic heterocycles. The quantitative estimate of drug-likeness (QED) is 0.714. The lowest BCUT2D eigenvalue weighted by Gasteiger charge is -2.17. The van der Waals surface area contributed by atoms with Crippen molar-refractivity contribution in [3.8, 4) is 5.69 Å². The number of rotatable bonds is 6. The topological polar surface area (TPSA) is 84.2 Å². The highest BCUT2D eigenvalue weighted by atomic mass is 19.1. The largest absolute Gasteiger partial charge is 0.481 e. The number of nitrogens with one attached hydrogen (secondary N) is 1. The van der Waals surface area contributed by atoms with Crippen molar-refractivity contribution in [1.29, 1.82) is 0 Å². The molecule has 2 N–H and O–H groups in total. The number of carboxylic acid groups (broad SMARTS) is 1. The smallest absolute Gasteiger partial charge is 0.305 e. The molecule has 0 saturated carbocycles. The summed E-state index contributed by atoms with van der Waals surface area (Å²) in [4.78, 5) is 23.6. The van der Waals surface area contributed by atoms with Gasteiger partial charge in [-0.15, -0.1) is 0 Å². The van der Waals surface area contributed by atoms with Gasteiger partial charge in [-0.05, 0) is 48.0 Å². The van der Waals surface area contributed by atoms with Crippen molar-refractivity contribution in [2.24, 2.45) is 0 Å². The lowest BCUT2D eigenvalue weighted by molar-refractivity contribution is -0.137. The Hall–Kier alpha value is -3.48. The molecule has 0 bridgehead atoms. The lowest BCUT2D eigenvalue weighted by Crippen LogP contribution is -2.30. The van der Waals surface area contributed by atoms with Crippen molar-refractivity contribution in [3.05, 3.63) is 83.9 Å². The average molecular weight is 353 g/mol. The Kier molecular flexibility index (Phi) is 5.07. The van der Waals surface area contributed by atoms with Crippen LogP contribution in [0.5, 0.6) is 0 Å². The van der Waals surface area contributed by atoms with Gasteiger partial charge in [-0.1, -0.05) is 12.1 Å². The van der Waals surface area contributed by atoms with Crippen LogP contribution in [0.3, 0.4) is 0 Å². The van der Waals surface area contributed by atoms with Crippen LogP contribution in [0.25, 0.3) is 5.69 Å². The molecule has 3 rings (SSSR count). The minimum absolute atomic E-state index is 0.303. The minimum atomic E-state index is -1.06. The number of aliphatic carboxylic acids is 1. The molecule has 7 heteroatoms. The van der Waals surface area contributed by atoms with Crippen LogP contribution >= 0.6 is 0 Å². The second kappa shape index (κ2) is 7.60. The normalized spacial score (nSPS) is 11.7. The van der Waals surface area contributed by atoms with Gasteiger partial charge in [0.1, 0.15) is 5.82 Å². The fourth-order valence-electron chi connectivity index (χ4n) is 2.55. The van der Waals surface area contributed by atoms with Crippen LogP contribution in [0.1, 0.15) is 28.4 Å². The van der Waals surface area contributed by atoms with Gasteiger partial charge in [0.25, 0.3) is 5.91 Å². The second-order valence-corrected chi connectivity index (χ2v) is 5.67. The molecule has 0 aliphatic rings. The van der Waals surface area contributed by atoms with Crippen molar-refractivity contribution < 1.29 is 19.1 Å². The molecule has 1 atom stereocenters. The van der Waals surface area contributed by atoms with Crippen LogP contribution in [0.4, 0.5) is 4.39 Å². The van der Waals surface area contributed by atoms with Crippen LogP contribution in [0.2, 0.25) is 0 Å². The van der Waals surface area contributed by atoms with Gasteiger partial charge in [-0.2, -0.15) is 5.10 Å². The molecule has 26 heavy (non-hydrogen) atoms. The van der Waals surface area contributed by atoms with Crippen molar-refractivity contribution >= 4 is 11.9 Å². The minimum Gasteiger partial charge on any atom is -0.481 e. The molecule has 1 amide bonds. The van der Waals surface area contributed by atoms with Crippen LogP contribution in [-0.4, -0.2) is 26.8 Å². The molecule has 0 aliphatic heterocycles. The number of carbonyl (C=O) groups excluding carboxylic acids is 1. The molecule has 0 spiro atoms. The van der Waals surface area contributed by atoms with Gasteiger partial charge in [0.2, 0.25) is 0 Å². The number of hydrogen-bond donors (Lipinski definition) is 2.